The predicted molar refractivity (Wildman–Crippen MR) is 117 cm³/mol. The molecule has 0 saturated carbocycles. The highest BCUT2D eigenvalue weighted by atomic mass is 32.2. The summed E-state index contributed by atoms with van der Waals surface area (Å²) in [7, 11) is -3.62. The van der Waals surface area contributed by atoms with Crippen molar-refractivity contribution in [3.8, 4) is 11.5 Å². The lowest BCUT2D eigenvalue weighted by Gasteiger charge is -2.34. The highest BCUT2D eigenvalue weighted by Crippen LogP contribution is 2.27. The summed E-state index contributed by atoms with van der Waals surface area (Å²) < 4.78 is 32.2. The fraction of sp³-hybridized carbons (Fsp3) is 0.364. The van der Waals surface area contributed by atoms with E-state index in [1.807, 2.05) is 13.8 Å². The zero-order valence-corrected chi connectivity index (χ0v) is 18.6. The lowest BCUT2D eigenvalue weighted by molar-refractivity contribution is -0.119. The first-order valence-corrected chi connectivity index (χ1v) is 11.6. The average Bonchev–Trinajstić information content (AvgIpc) is 2.72. The molecule has 0 aliphatic carbocycles. The van der Waals surface area contributed by atoms with Crippen LogP contribution in [0.1, 0.15) is 30.6 Å². The van der Waals surface area contributed by atoms with Gasteiger partial charge in [-0.15, -0.1) is 0 Å². The quantitative estimate of drug-likeness (QED) is 0.562. The Morgan fingerprint density at radius 2 is 1.69 bits per heavy atom. The Bertz CT molecular complexity index is 1090. The number of anilines is 1. The molecule has 0 spiro atoms. The maximum atomic E-state index is 12.9. The molecule has 0 bridgehead atoms. The first-order chi connectivity index (χ1) is 15.1. The molecule has 1 aliphatic rings. The van der Waals surface area contributed by atoms with Crippen molar-refractivity contribution in [2.45, 2.75) is 25.2 Å². The number of phenols is 2. The second-order valence-electron chi connectivity index (χ2n) is 8.12. The number of esters is 1. The van der Waals surface area contributed by atoms with Gasteiger partial charge < -0.3 is 20.3 Å². The summed E-state index contributed by atoms with van der Waals surface area (Å²) in [6, 6.07) is 9.15. The van der Waals surface area contributed by atoms with Crippen LogP contribution in [0, 0.1) is 11.8 Å². The number of hydrogen-bond donors (Lipinski definition) is 3. The Hall–Kier alpha value is -3.11. The van der Waals surface area contributed by atoms with Crippen molar-refractivity contribution in [1.29, 1.82) is 0 Å². The van der Waals surface area contributed by atoms with Crippen LogP contribution in [-0.2, 0) is 19.6 Å². The van der Waals surface area contributed by atoms with Gasteiger partial charge in [-0.2, -0.15) is 4.31 Å². The molecular formula is C22H26N2O7S. The molecule has 172 valence electrons. The van der Waals surface area contributed by atoms with Gasteiger partial charge in [-0.1, -0.05) is 13.8 Å². The summed E-state index contributed by atoms with van der Waals surface area (Å²) in [5, 5.41) is 21.4. The molecule has 1 amide bonds. The number of carbonyl (C=O) groups excluding carboxylic acids is 2. The average molecular weight is 463 g/mol. The largest absolute Gasteiger partial charge is 0.508 e. The van der Waals surface area contributed by atoms with E-state index in [2.05, 4.69) is 5.32 Å². The third-order valence-electron chi connectivity index (χ3n) is 5.15. The molecule has 1 saturated heterocycles. The SMILES string of the molecule is CC1CC(C)CN(S(=O)(=O)c2ccc(NC(=O)COC(=O)c3ccc(O)cc3O)cc2)C1. The summed E-state index contributed by atoms with van der Waals surface area (Å²) in [6.45, 7) is 4.42. The van der Waals surface area contributed by atoms with Crippen LogP contribution in [0.2, 0.25) is 0 Å². The predicted octanol–water partition coefficient (Wildman–Crippen LogP) is 2.56. The molecule has 9 nitrogen and oxygen atoms in total. The minimum atomic E-state index is -3.62. The monoisotopic (exact) mass is 462 g/mol. The van der Waals surface area contributed by atoms with E-state index in [4.69, 9.17) is 4.74 Å². The van der Waals surface area contributed by atoms with Gasteiger partial charge >= 0.3 is 5.97 Å². The van der Waals surface area contributed by atoms with E-state index in [1.54, 1.807) is 0 Å². The Morgan fingerprint density at radius 3 is 2.28 bits per heavy atom. The highest BCUT2D eigenvalue weighted by molar-refractivity contribution is 7.89. The van der Waals surface area contributed by atoms with E-state index < -0.39 is 34.3 Å². The van der Waals surface area contributed by atoms with Gasteiger partial charge in [0.15, 0.2) is 6.61 Å². The van der Waals surface area contributed by atoms with E-state index in [1.165, 1.54) is 40.7 Å². The smallest absolute Gasteiger partial charge is 0.342 e. The van der Waals surface area contributed by atoms with Crippen molar-refractivity contribution in [1.82, 2.24) is 4.31 Å². The van der Waals surface area contributed by atoms with Gasteiger partial charge in [0, 0.05) is 24.8 Å². The Morgan fingerprint density at radius 1 is 1.06 bits per heavy atom. The first kappa shape index (κ1) is 23.6. The van der Waals surface area contributed by atoms with Gasteiger partial charge in [0.2, 0.25) is 10.0 Å². The van der Waals surface area contributed by atoms with Crippen LogP contribution >= 0.6 is 0 Å². The van der Waals surface area contributed by atoms with Crippen molar-refractivity contribution in [3.63, 3.8) is 0 Å². The summed E-state index contributed by atoms with van der Waals surface area (Å²) in [5.74, 6) is -1.66. The zero-order valence-electron chi connectivity index (χ0n) is 17.8. The second-order valence-corrected chi connectivity index (χ2v) is 10.1. The molecule has 1 heterocycles. The molecule has 1 aliphatic heterocycles. The van der Waals surface area contributed by atoms with Crippen molar-refractivity contribution in [2.75, 3.05) is 25.0 Å². The standard InChI is InChI=1S/C22H26N2O7S/c1-14-9-15(2)12-24(11-14)32(29,30)18-6-3-16(4-7-18)23-21(27)13-31-22(28)19-8-5-17(25)10-20(19)26/h3-8,10,14-15,25-26H,9,11-13H2,1-2H3,(H,23,27). The number of amides is 1. The first-order valence-electron chi connectivity index (χ1n) is 10.2. The van der Waals surface area contributed by atoms with Gasteiger partial charge in [0.1, 0.15) is 17.1 Å². The molecule has 0 aromatic heterocycles. The van der Waals surface area contributed by atoms with E-state index >= 15 is 0 Å². The maximum absolute atomic E-state index is 12.9. The maximum Gasteiger partial charge on any atom is 0.342 e. The number of carbonyl (C=O) groups is 2. The number of ether oxygens (including phenoxy) is 1. The summed E-state index contributed by atoms with van der Waals surface area (Å²) in [6.07, 6.45) is 0.994. The summed E-state index contributed by atoms with van der Waals surface area (Å²) in [5.41, 5.74) is 0.157. The number of sulfonamides is 1. The van der Waals surface area contributed by atoms with E-state index in [0.29, 0.717) is 30.6 Å². The molecule has 10 heteroatoms. The topological polar surface area (TPSA) is 133 Å². The van der Waals surface area contributed by atoms with Crippen LogP contribution in [0.25, 0.3) is 0 Å². The van der Waals surface area contributed by atoms with Crippen LogP contribution in [0.15, 0.2) is 47.4 Å². The van der Waals surface area contributed by atoms with Crippen molar-refractivity contribution in [3.05, 3.63) is 48.0 Å². The number of nitrogens with zero attached hydrogens (tertiary/aromatic N) is 1. The number of hydrogen-bond acceptors (Lipinski definition) is 7. The van der Waals surface area contributed by atoms with Gasteiger partial charge in [0.05, 0.1) is 4.90 Å². The van der Waals surface area contributed by atoms with Crippen LogP contribution in [0.4, 0.5) is 5.69 Å². The lowest BCUT2D eigenvalue weighted by Crippen LogP contribution is -2.42. The molecule has 32 heavy (non-hydrogen) atoms. The third-order valence-corrected chi connectivity index (χ3v) is 6.99. The molecule has 2 aromatic rings. The Kier molecular flexibility index (Phi) is 7.05. The fourth-order valence-corrected chi connectivity index (χ4v) is 5.44. The van der Waals surface area contributed by atoms with Gasteiger partial charge in [0.25, 0.3) is 5.91 Å². The van der Waals surface area contributed by atoms with Gasteiger partial charge in [-0.25, -0.2) is 13.2 Å². The van der Waals surface area contributed by atoms with E-state index in [9.17, 15) is 28.2 Å². The third kappa shape index (κ3) is 5.57. The zero-order chi connectivity index (χ0) is 23.5. The van der Waals surface area contributed by atoms with Crippen LogP contribution < -0.4 is 5.32 Å². The molecule has 3 rings (SSSR count). The van der Waals surface area contributed by atoms with E-state index in [-0.39, 0.29) is 16.2 Å². The molecular weight excluding hydrogens is 436 g/mol. The fourth-order valence-electron chi connectivity index (χ4n) is 3.76. The number of piperidine rings is 1. The normalized spacial score (nSPS) is 19.3. The molecule has 2 unspecified atom stereocenters. The van der Waals surface area contributed by atoms with Crippen molar-refractivity contribution in [2.24, 2.45) is 11.8 Å². The van der Waals surface area contributed by atoms with Crippen LogP contribution in [0.3, 0.4) is 0 Å². The van der Waals surface area contributed by atoms with Crippen molar-refractivity contribution >= 4 is 27.6 Å². The number of nitrogens with one attached hydrogen (secondary N) is 1. The molecule has 0 radical (unpaired) electrons. The highest BCUT2D eigenvalue weighted by Gasteiger charge is 2.31. The molecule has 2 atom stereocenters. The number of phenolic OH excluding ortho intramolecular Hbond substituents is 2. The summed E-state index contributed by atoms with van der Waals surface area (Å²) >= 11 is 0. The molecule has 1 fully saturated rings. The van der Waals surface area contributed by atoms with Crippen molar-refractivity contribution < 1.29 is 33.0 Å². The van der Waals surface area contributed by atoms with Crippen LogP contribution in [-0.4, -0.2) is 54.5 Å². The van der Waals surface area contributed by atoms with Gasteiger partial charge in [-0.3, -0.25) is 4.79 Å². The number of aromatic hydroxyl groups is 2. The molecule has 3 N–H and O–H groups in total. The Balaban J connectivity index is 1.58. The second kappa shape index (κ2) is 9.58. The number of benzene rings is 2. The minimum absolute atomic E-state index is 0.144. The van der Waals surface area contributed by atoms with Crippen LogP contribution in [0.5, 0.6) is 11.5 Å². The number of rotatable bonds is 6. The minimum Gasteiger partial charge on any atom is -0.508 e. The Labute approximate surface area is 186 Å². The lowest BCUT2D eigenvalue weighted by atomic mass is 9.94. The van der Waals surface area contributed by atoms with Gasteiger partial charge in [-0.05, 0) is 54.7 Å². The molecule has 2 aromatic carbocycles. The van der Waals surface area contributed by atoms with E-state index in [0.717, 1.165) is 12.5 Å². The summed E-state index contributed by atoms with van der Waals surface area (Å²) in [4.78, 5) is 24.2.